The second-order valence-corrected chi connectivity index (χ2v) is 17.8. The number of esters is 3. The van der Waals surface area contributed by atoms with Crippen LogP contribution in [0.3, 0.4) is 0 Å². The molecule has 0 spiro atoms. The van der Waals surface area contributed by atoms with E-state index in [1.807, 2.05) is 0 Å². The van der Waals surface area contributed by atoms with E-state index in [1.165, 1.54) is 148 Å². The van der Waals surface area contributed by atoms with Crippen LogP contribution < -0.4 is 0 Å². The average Bonchev–Trinajstić information content (AvgIpc) is 3.27. The molecule has 0 aromatic carbocycles. The molecule has 6 heteroatoms. The maximum atomic E-state index is 12.7. The minimum Gasteiger partial charge on any atom is -0.462 e. The molecule has 0 heterocycles. The molecule has 6 nitrogen and oxygen atoms in total. The lowest BCUT2D eigenvalue weighted by Gasteiger charge is -2.18. The first kappa shape index (κ1) is 59.4. The summed E-state index contributed by atoms with van der Waals surface area (Å²) in [5, 5.41) is 0. The fourth-order valence-electron chi connectivity index (χ4n) is 7.61. The highest BCUT2D eigenvalue weighted by Gasteiger charge is 2.19. The van der Waals surface area contributed by atoms with Gasteiger partial charge in [0, 0.05) is 19.3 Å². The van der Waals surface area contributed by atoms with Crippen molar-refractivity contribution in [2.24, 2.45) is 0 Å². The average molecular weight is 869 g/mol. The Bertz CT molecular complexity index is 1090. The normalized spacial score (nSPS) is 12.4. The Morgan fingerprint density at radius 3 is 0.984 bits per heavy atom. The topological polar surface area (TPSA) is 78.9 Å². The summed E-state index contributed by atoms with van der Waals surface area (Å²) < 4.78 is 16.7. The van der Waals surface area contributed by atoms with Crippen molar-refractivity contribution in [1.29, 1.82) is 0 Å². The first-order valence-electron chi connectivity index (χ1n) is 26.6. The third kappa shape index (κ3) is 48.4. The second-order valence-electron chi connectivity index (χ2n) is 17.8. The van der Waals surface area contributed by atoms with Gasteiger partial charge in [-0.2, -0.15) is 0 Å². The van der Waals surface area contributed by atoms with Crippen molar-refractivity contribution >= 4 is 17.9 Å². The van der Waals surface area contributed by atoms with Crippen LogP contribution in [0.15, 0.2) is 48.6 Å². The molecule has 0 aliphatic rings. The number of hydrogen-bond acceptors (Lipinski definition) is 6. The smallest absolute Gasteiger partial charge is 0.306 e. The van der Waals surface area contributed by atoms with Gasteiger partial charge in [-0.3, -0.25) is 14.4 Å². The van der Waals surface area contributed by atoms with E-state index in [2.05, 4.69) is 69.4 Å². The van der Waals surface area contributed by atoms with Crippen molar-refractivity contribution in [1.82, 2.24) is 0 Å². The quantitative estimate of drug-likeness (QED) is 0.0262. The molecule has 0 aliphatic heterocycles. The Balaban J connectivity index is 4.25. The Labute approximate surface area is 384 Å². The van der Waals surface area contributed by atoms with Gasteiger partial charge in [-0.1, -0.05) is 243 Å². The zero-order valence-electron chi connectivity index (χ0n) is 41.1. The number of unbranched alkanes of at least 4 members (excludes halogenated alkanes) is 29. The fourth-order valence-corrected chi connectivity index (χ4v) is 7.61. The van der Waals surface area contributed by atoms with E-state index in [-0.39, 0.29) is 37.5 Å². The lowest BCUT2D eigenvalue weighted by molar-refractivity contribution is -0.167. The highest BCUT2D eigenvalue weighted by molar-refractivity contribution is 5.71. The maximum absolute atomic E-state index is 12.7. The van der Waals surface area contributed by atoms with E-state index in [0.29, 0.717) is 19.3 Å². The van der Waals surface area contributed by atoms with E-state index < -0.39 is 6.10 Å². The molecule has 1 atom stereocenters. The molecule has 0 aromatic heterocycles. The molecule has 0 N–H and O–H groups in total. The zero-order chi connectivity index (χ0) is 45.1. The van der Waals surface area contributed by atoms with E-state index in [1.54, 1.807) is 0 Å². The minimum absolute atomic E-state index is 0.0865. The van der Waals surface area contributed by atoms with Gasteiger partial charge in [0.15, 0.2) is 6.10 Å². The molecule has 0 saturated heterocycles. The van der Waals surface area contributed by atoms with Crippen LogP contribution in [0.1, 0.15) is 271 Å². The number of hydrogen-bond donors (Lipinski definition) is 0. The Kier molecular flexibility index (Phi) is 48.8. The van der Waals surface area contributed by atoms with Crippen LogP contribution in [0.5, 0.6) is 0 Å². The number of rotatable bonds is 48. The molecule has 360 valence electrons. The molecule has 0 radical (unpaired) electrons. The van der Waals surface area contributed by atoms with Gasteiger partial charge in [0.25, 0.3) is 0 Å². The largest absolute Gasteiger partial charge is 0.462 e. The molecule has 0 aliphatic carbocycles. The maximum Gasteiger partial charge on any atom is 0.306 e. The van der Waals surface area contributed by atoms with Gasteiger partial charge in [-0.25, -0.2) is 0 Å². The summed E-state index contributed by atoms with van der Waals surface area (Å²) in [6, 6.07) is 0. The van der Waals surface area contributed by atoms with Crippen LogP contribution in [-0.2, 0) is 28.6 Å². The highest BCUT2D eigenvalue weighted by Crippen LogP contribution is 2.16. The third-order valence-corrected chi connectivity index (χ3v) is 11.6. The minimum atomic E-state index is -0.789. The predicted octanol–water partition coefficient (Wildman–Crippen LogP) is 17.5. The first-order chi connectivity index (χ1) is 30.5. The lowest BCUT2D eigenvalue weighted by atomic mass is 10.0. The van der Waals surface area contributed by atoms with Gasteiger partial charge in [0.2, 0.25) is 0 Å². The standard InChI is InChI=1S/C56H100O6/c1-4-7-10-13-16-19-21-23-25-26-27-28-29-30-32-33-35-37-40-43-46-49-55(58)61-52-53(51-60-54(57)48-45-42-39-18-15-12-9-6-3)62-56(59)50-47-44-41-38-36-34-31-24-22-20-17-14-11-8-5-2/h8,11,17,20,24,31,36,38,53H,4-7,9-10,12-16,18-19,21-23,25-30,32-35,37,39-52H2,1-3H3/b11-8-,20-17-,31-24-,38-36-. The molecular formula is C56H100O6. The van der Waals surface area contributed by atoms with Crippen LogP contribution in [0.4, 0.5) is 0 Å². The van der Waals surface area contributed by atoms with Crippen molar-refractivity contribution in [3.8, 4) is 0 Å². The van der Waals surface area contributed by atoms with Crippen molar-refractivity contribution in [2.75, 3.05) is 13.2 Å². The summed E-state index contributed by atoms with van der Waals surface area (Å²) in [5.41, 5.74) is 0. The highest BCUT2D eigenvalue weighted by atomic mass is 16.6. The summed E-state index contributed by atoms with van der Waals surface area (Å²) >= 11 is 0. The molecule has 0 rings (SSSR count). The molecule has 0 saturated carbocycles. The number of ether oxygens (including phenoxy) is 3. The summed E-state index contributed by atoms with van der Waals surface area (Å²) in [5.74, 6) is -0.924. The van der Waals surface area contributed by atoms with Crippen LogP contribution in [-0.4, -0.2) is 37.2 Å². The molecule has 0 amide bonds. The summed E-state index contributed by atoms with van der Waals surface area (Å²) in [6.45, 7) is 6.48. The second kappa shape index (κ2) is 51.0. The summed E-state index contributed by atoms with van der Waals surface area (Å²) in [4.78, 5) is 37.8. The van der Waals surface area contributed by atoms with Crippen LogP contribution in [0.2, 0.25) is 0 Å². The van der Waals surface area contributed by atoms with Crippen molar-refractivity contribution < 1.29 is 28.6 Å². The number of allylic oxidation sites excluding steroid dienone is 8. The molecular weight excluding hydrogens is 769 g/mol. The first-order valence-corrected chi connectivity index (χ1v) is 26.6. The summed E-state index contributed by atoms with van der Waals surface area (Å²) in [7, 11) is 0. The predicted molar refractivity (Wildman–Crippen MR) is 265 cm³/mol. The summed E-state index contributed by atoms with van der Waals surface area (Å²) in [6.07, 6.45) is 61.2. The molecule has 0 aromatic rings. The monoisotopic (exact) mass is 869 g/mol. The molecule has 1 unspecified atom stereocenters. The van der Waals surface area contributed by atoms with Crippen LogP contribution in [0.25, 0.3) is 0 Å². The van der Waals surface area contributed by atoms with Gasteiger partial charge >= 0.3 is 17.9 Å². The SMILES string of the molecule is CC/C=C\C/C=C\C/C=C\C/C=C\CCCCC(=O)OC(COC(=O)CCCCCCCCCC)COC(=O)CCCCCCCCCCCCCCCCCCCCCCC. The van der Waals surface area contributed by atoms with Gasteiger partial charge in [0.05, 0.1) is 0 Å². The van der Waals surface area contributed by atoms with Gasteiger partial charge in [-0.15, -0.1) is 0 Å². The van der Waals surface area contributed by atoms with Gasteiger partial charge in [0.1, 0.15) is 13.2 Å². The van der Waals surface area contributed by atoms with Crippen LogP contribution >= 0.6 is 0 Å². The fraction of sp³-hybridized carbons (Fsp3) is 0.804. The number of carbonyl (C=O) groups excluding carboxylic acids is 3. The zero-order valence-corrected chi connectivity index (χ0v) is 41.1. The Morgan fingerprint density at radius 1 is 0.339 bits per heavy atom. The number of carbonyl (C=O) groups is 3. The Morgan fingerprint density at radius 2 is 0.629 bits per heavy atom. The molecule has 0 bridgehead atoms. The van der Waals surface area contributed by atoms with Crippen molar-refractivity contribution in [2.45, 2.75) is 277 Å². The molecule has 0 fully saturated rings. The lowest BCUT2D eigenvalue weighted by Crippen LogP contribution is -2.30. The van der Waals surface area contributed by atoms with Crippen molar-refractivity contribution in [3.63, 3.8) is 0 Å². The molecule has 62 heavy (non-hydrogen) atoms. The van der Waals surface area contributed by atoms with Crippen molar-refractivity contribution in [3.05, 3.63) is 48.6 Å². The van der Waals surface area contributed by atoms with Crippen LogP contribution in [0, 0.1) is 0 Å². The van der Waals surface area contributed by atoms with E-state index in [9.17, 15) is 14.4 Å². The van der Waals surface area contributed by atoms with E-state index in [4.69, 9.17) is 14.2 Å². The van der Waals surface area contributed by atoms with E-state index >= 15 is 0 Å². The van der Waals surface area contributed by atoms with E-state index in [0.717, 1.165) is 77.0 Å². The Hall–Kier alpha value is -2.63. The third-order valence-electron chi connectivity index (χ3n) is 11.6. The van der Waals surface area contributed by atoms with Gasteiger partial charge < -0.3 is 14.2 Å². The van der Waals surface area contributed by atoms with Gasteiger partial charge in [-0.05, 0) is 57.8 Å².